The summed E-state index contributed by atoms with van der Waals surface area (Å²) in [5.41, 5.74) is 5.04. The minimum Gasteiger partial charge on any atom is -0.378 e. The summed E-state index contributed by atoms with van der Waals surface area (Å²) >= 11 is 12.1. The molecule has 1 saturated heterocycles. The van der Waals surface area contributed by atoms with E-state index in [1.807, 2.05) is 0 Å². The molecule has 182 valence electrons. The van der Waals surface area contributed by atoms with Gasteiger partial charge in [-0.2, -0.15) is 0 Å². The van der Waals surface area contributed by atoms with Gasteiger partial charge in [-0.15, -0.1) is 0 Å². The Morgan fingerprint density at radius 1 is 1.06 bits per heavy atom. The Bertz CT molecular complexity index is 1250. The number of aryl methyl sites for hydroxylation is 1. The molecular formula is C26H27Cl2N5O2. The number of urea groups is 1. The zero-order valence-electron chi connectivity index (χ0n) is 19.6. The molecule has 0 spiro atoms. The van der Waals surface area contributed by atoms with E-state index >= 15 is 0 Å². The molecule has 0 bridgehead atoms. The number of morpholine rings is 1. The van der Waals surface area contributed by atoms with Crippen LogP contribution in [0, 0.1) is 6.92 Å². The molecule has 2 aliphatic heterocycles. The van der Waals surface area contributed by atoms with Gasteiger partial charge in [0.05, 0.1) is 35.5 Å². The molecule has 0 aliphatic carbocycles. The Labute approximate surface area is 215 Å². The van der Waals surface area contributed by atoms with Crippen LogP contribution in [0.4, 0.5) is 16.3 Å². The van der Waals surface area contributed by atoms with Crippen molar-refractivity contribution in [2.45, 2.75) is 26.3 Å². The van der Waals surface area contributed by atoms with Crippen molar-refractivity contribution >= 4 is 40.7 Å². The predicted molar refractivity (Wildman–Crippen MR) is 139 cm³/mol. The van der Waals surface area contributed by atoms with Gasteiger partial charge < -0.3 is 19.9 Å². The van der Waals surface area contributed by atoms with Gasteiger partial charge in [0.2, 0.25) is 0 Å². The van der Waals surface area contributed by atoms with Gasteiger partial charge in [-0.3, -0.25) is 0 Å². The van der Waals surface area contributed by atoms with E-state index in [0.717, 1.165) is 36.0 Å². The summed E-state index contributed by atoms with van der Waals surface area (Å²) in [5.74, 6) is 1.72. The quantitative estimate of drug-likeness (QED) is 0.526. The molecule has 3 aromatic rings. The first-order valence-electron chi connectivity index (χ1n) is 11.7. The zero-order valence-corrected chi connectivity index (χ0v) is 21.1. The van der Waals surface area contributed by atoms with Crippen LogP contribution in [0.2, 0.25) is 10.0 Å². The average Bonchev–Trinajstić information content (AvgIpc) is 2.86. The molecule has 2 aromatic carbocycles. The number of carbonyl (C=O) groups excluding carboxylic acids is 1. The van der Waals surface area contributed by atoms with E-state index in [9.17, 15) is 4.79 Å². The topological polar surface area (TPSA) is 70.6 Å². The van der Waals surface area contributed by atoms with E-state index in [0.29, 0.717) is 54.9 Å². The maximum absolute atomic E-state index is 13.1. The maximum Gasteiger partial charge on any atom is 0.322 e. The molecule has 35 heavy (non-hydrogen) atoms. The van der Waals surface area contributed by atoms with Crippen molar-refractivity contribution < 1.29 is 9.53 Å². The van der Waals surface area contributed by atoms with Crippen LogP contribution in [-0.4, -0.2) is 53.7 Å². The molecule has 2 amide bonds. The monoisotopic (exact) mass is 511 g/mol. The van der Waals surface area contributed by atoms with Crippen molar-refractivity contribution in [3.63, 3.8) is 0 Å². The van der Waals surface area contributed by atoms with Crippen molar-refractivity contribution in [1.29, 1.82) is 0 Å². The maximum atomic E-state index is 13.1. The number of ether oxygens (including phenoxy) is 1. The number of fused-ring (bicyclic) bond motifs is 1. The lowest BCUT2D eigenvalue weighted by molar-refractivity contribution is 0.122. The van der Waals surface area contributed by atoms with Crippen LogP contribution in [0.15, 0.2) is 42.5 Å². The van der Waals surface area contributed by atoms with E-state index in [2.05, 4.69) is 41.4 Å². The van der Waals surface area contributed by atoms with Crippen molar-refractivity contribution in [3.05, 3.63) is 80.7 Å². The lowest BCUT2D eigenvalue weighted by atomic mass is 10.0. The molecule has 3 heterocycles. The Balaban J connectivity index is 1.41. The molecule has 1 fully saturated rings. The number of anilines is 2. The SMILES string of the molecule is Cc1cccc(Cc2nc3c(c(N4CCOCC4)n2)CN(C(=O)Nc2ccc(Cl)c(Cl)c2)CC3)c1. The molecule has 0 saturated carbocycles. The van der Waals surface area contributed by atoms with E-state index in [1.165, 1.54) is 11.1 Å². The minimum absolute atomic E-state index is 0.189. The molecule has 1 N–H and O–H groups in total. The van der Waals surface area contributed by atoms with Crippen LogP contribution in [0.1, 0.15) is 28.2 Å². The van der Waals surface area contributed by atoms with Gasteiger partial charge in [-0.25, -0.2) is 14.8 Å². The van der Waals surface area contributed by atoms with Gasteiger partial charge in [-0.1, -0.05) is 53.0 Å². The summed E-state index contributed by atoms with van der Waals surface area (Å²) in [5, 5.41) is 3.78. The number of nitrogens with zero attached hydrogens (tertiary/aromatic N) is 4. The van der Waals surface area contributed by atoms with E-state index < -0.39 is 0 Å². The summed E-state index contributed by atoms with van der Waals surface area (Å²) in [4.78, 5) is 27.0. The number of carbonyl (C=O) groups is 1. The Morgan fingerprint density at radius 3 is 2.66 bits per heavy atom. The molecule has 5 rings (SSSR count). The summed E-state index contributed by atoms with van der Waals surface area (Å²) in [6.45, 7) is 5.96. The fourth-order valence-electron chi connectivity index (χ4n) is 4.52. The fraction of sp³-hybridized carbons (Fsp3) is 0.346. The number of amides is 2. The van der Waals surface area contributed by atoms with Crippen LogP contribution in [0.3, 0.4) is 0 Å². The van der Waals surface area contributed by atoms with Crippen molar-refractivity contribution in [3.8, 4) is 0 Å². The fourth-order valence-corrected chi connectivity index (χ4v) is 4.81. The molecule has 7 nitrogen and oxygen atoms in total. The summed E-state index contributed by atoms with van der Waals surface area (Å²) in [6, 6.07) is 13.3. The second kappa shape index (κ2) is 10.4. The van der Waals surface area contributed by atoms with Crippen molar-refractivity contribution in [2.75, 3.05) is 43.1 Å². The molecule has 0 unspecified atom stereocenters. The lowest BCUT2D eigenvalue weighted by Crippen LogP contribution is -2.42. The molecule has 0 atom stereocenters. The normalized spacial score (nSPS) is 15.6. The Kier molecular flexibility index (Phi) is 7.09. The molecule has 1 aromatic heterocycles. The first-order chi connectivity index (χ1) is 17.0. The van der Waals surface area contributed by atoms with E-state index in [4.69, 9.17) is 37.9 Å². The third-order valence-corrected chi connectivity index (χ3v) is 7.04. The highest BCUT2D eigenvalue weighted by Crippen LogP contribution is 2.29. The Morgan fingerprint density at radius 2 is 1.89 bits per heavy atom. The number of nitrogens with one attached hydrogen (secondary N) is 1. The smallest absolute Gasteiger partial charge is 0.322 e. The lowest BCUT2D eigenvalue weighted by Gasteiger charge is -2.34. The van der Waals surface area contributed by atoms with Crippen LogP contribution < -0.4 is 10.2 Å². The van der Waals surface area contributed by atoms with Crippen molar-refractivity contribution in [1.82, 2.24) is 14.9 Å². The number of benzene rings is 2. The second-order valence-electron chi connectivity index (χ2n) is 8.88. The minimum atomic E-state index is -0.189. The van der Waals surface area contributed by atoms with Gasteiger partial charge >= 0.3 is 6.03 Å². The molecule has 2 aliphatic rings. The second-order valence-corrected chi connectivity index (χ2v) is 9.70. The van der Waals surface area contributed by atoms with Crippen LogP contribution in [-0.2, 0) is 24.1 Å². The van der Waals surface area contributed by atoms with Gasteiger partial charge in [-0.05, 0) is 30.7 Å². The van der Waals surface area contributed by atoms with Crippen LogP contribution in [0.5, 0.6) is 0 Å². The largest absolute Gasteiger partial charge is 0.378 e. The van der Waals surface area contributed by atoms with Gasteiger partial charge in [0, 0.05) is 43.7 Å². The van der Waals surface area contributed by atoms with Crippen LogP contribution in [0.25, 0.3) is 0 Å². The summed E-state index contributed by atoms with van der Waals surface area (Å²) in [7, 11) is 0. The highest BCUT2D eigenvalue weighted by atomic mass is 35.5. The van der Waals surface area contributed by atoms with E-state index in [-0.39, 0.29) is 6.03 Å². The third kappa shape index (κ3) is 5.53. The van der Waals surface area contributed by atoms with Crippen LogP contribution >= 0.6 is 23.2 Å². The third-order valence-electron chi connectivity index (χ3n) is 6.30. The summed E-state index contributed by atoms with van der Waals surface area (Å²) < 4.78 is 5.57. The number of aromatic nitrogens is 2. The average molecular weight is 512 g/mol. The Hall–Kier alpha value is -2.87. The van der Waals surface area contributed by atoms with E-state index in [1.54, 1.807) is 23.1 Å². The van der Waals surface area contributed by atoms with Gasteiger partial charge in [0.1, 0.15) is 11.6 Å². The molecule has 0 radical (unpaired) electrons. The number of hydrogen-bond donors (Lipinski definition) is 1. The van der Waals surface area contributed by atoms with Gasteiger partial charge in [0.25, 0.3) is 0 Å². The number of hydrogen-bond acceptors (Lipinski definition) is 5. The molecule has 9 heteroatoms. The van der Waals surface area contributed by atoms with Crippen molar-refractivity contribution in [2.24, 2.45) is 0 Å². The van der Waals surface area contributed by atoms with Gasteiger partial charge in [0.15, 0.2) is 0 Å². The molecular weight excluding hydrogens is 485 g/mol. The predicted octanol–water partition coefficient (Wildman–Crippen LogP) is 5.11. The highest BCUT2D eigenvalue weighted by molar-refractivity contribution is 6.42. The first kappa shape index (κ1) is 23.9. The number of halogens is 2. The number of rotatable bonds is 4. The zero-order chi connectivity index (χ0) is 24.4. The summed E-state index contributed by atoms with van der Waals surface area (Å²) in [6.07, 6.45) is 1.35. The highest BCUT2D eigenvalue weighted by Gasteiger charge is 2.28. The first-order valence-corrected chi connectivity index (χ1v) is 12.5. The standard InChI is InChI=1S/C26H27Cl2N5O2/c1-17-3-2-4-18(13-17)14-24-30-23-7-8-33(26(34)29-19-5-6-21(27)22(28)15-19)16-20(23)25(31-24)32-9-11-35-12-10-32/h2-6,13,15H,7-12,14,16H2,1H3,(H,29,34).